The van der Waals surface area contributed by atoms with Crippen LogP contribution in [0.15, 0.2) is 48.5 Å². The molecule has 0 saturated carbocycles. The molecule has 0 saturated heterocycles. The standard InChI is InChI=1S/C34H26N2O8/c1-13(2)27(33(41)42)35-29(37)19-9-5-15-17-7-11-21-26-22(32(40)36(31(21)39)28(14(3)4)34(43)44)12-8-18(24(17)26)16-6-10-20(30(35)38)25(19)23(15)16/h5-14,27-28H,1-4H3,(H,41,42)(H,43,44)/t27-,28-/m0/s1. The Morgan fingerprint density at radius 3 is 0.932 bits per heavy atom. The van der Waals surface area contributed by atoms with Crippen molar-refractivity contribution in [2.24, 2.45) is 11.8 Å². The van der Waals surface area contributed by atoms with Gasteiger partial charge < -0.3 is 10.2 Å². The fourth-order valence-electron chi connectivity index (χ4n) is 7.20. The lowest BCUT2D eigenvalue weighted by Crippen LogP contribution is -2.53. The summed E-state index contributed by atoms with van der Waals surface area (Å²) in [6, 6.07) is 10.6. The maximum absolute atomic E-state index is 13.7. The summed E-state index contributed by atoms with van der Waals surface area (Å²) < 4.78 is 0. The molecule has 0 fully saturated rings. The van der Waals surface area contributed by atoms with E-state index in [1.165, 1.54) is 0 Å². The highest BCUT2D eigenvalue weighted by Gasteiger charge is 2.44. The highest BCUT2D eigenvalue weighted by atomic mass is 16.4. The predicted molar refractivity (Wildman–Crippen MR) is 161 cm³/mol. The third kappa shape index (κ3) is 3.30. The Morgan fingerprint density at radius 1 is 0.477 bits per heavy atom. The van der Waals surface area contributed by atoms with Crippen molar-refractivity contribution >= 4 is 78.7 Å². The van der Waals surface area contributed by atoms with Gasteiger partial charge in [-0.1, -0.05) is 52.0 Å². The molecule has 7 rings (SSSR count). The lowest BCUT2D eigenvalue weighted by atomic mass is 9.81. The van der Waals surface area contributed by atoms with E-state index in [2.05, 4.69) is 0 Å². The van der Waals surface area contributed by atoms with Gasteiger partial charge in [0.25, 0.3) is 23.6 Å². The second-order valence-electron chi connectivity index (χ2n) is 12.2. The largest absolute Gasteiger partial charge is 0.480 e. The smallest absolute Gasteiger partial charge is 0.327 e. The van der Waals surface area contributed by atoms with Crippen LogP contribution in [-0.4, -0.2) is 67.7 Å². The van der Waals surface area contributed by atoms with Crippen molar-refractivity contribution in [1.82, 2.24) is 9.80 Å². The summed E-state index contributed by atoms with van der Waals surface area (Å²) in [5, 5.41) is 24.7. The fourth-order valence-corrected chi connectivity index (χ4v) is 7.20. The van der Waals surface area contributed by atoms with Crippen molar-refractivity contribution in [2.45, 2.75) is 39.8 Å². The van der Waals surface area contributed by atoms with E-state index in [4.69, 9.17) is 0 Å². The molecule has 0 aromatic heterocycles. The van der Waals surface area contributed by atoms with E-state index in [0.717, 1.165) is 9.80 Å². The molecule has 0 spiro atoms. The summed E-state index contributed by atoms with van der Waals surface area (Å²) in [7, 11) is 0. The molecule has 2 aliphatic rings. The number of nitrogens with zero attached hydrogens (tertiary/aromatic N) is 2. The van der Waals surface area contributed by atoms with Gasteiger partial charge in [0, 0.05) is 33.0 Å². The number of carboxylic acids is 2. The average Bonchev–Trinajstić information content (AvgIpc) is 2.97. The Hall–Kier alpha value is -5.38. The molecule has 0 unspecified atom stereocenters. The molecule has 220 valence electrons. The molecule has 5 aromatic carbocycles. The van der Waals surface area contributed by atoms with Gasteiger partial charge in [-0.15, -0.1) is 0 Å². The number of carboxylic acid groups (broad SMARTS) is 2. The van der Waals surface area contributed by atoms with Gasteiger partial charge in [0.15, 0.2) is 0 Å². The lowest BCUT2D eigenvalue weighted by molar-refractivity contribution is -0.144. The fraction of sp³-hybridized carbons (Fsp3) is 0.235. The second-order valence-corrected chi connectivity index (χ2v) is 12.2. The topological polar surface area (TPSA) is 149 Å². The van der Waals surface area contributed by atoms with Crippen molar-refractivity contribution in [3.8, 4) is 0 Å². The number of benzene rings is 5. The number of aliphatic carboxylic acids is 2. The van der Waals surface area contributed by atoms with E-state index in [1.54, 1.807) is 76.2 Å². The molecule has 2 N–H and O–H groups in total. The first-order valence-corrected chi connectivity index (χ1v) is 14.3. The second kappa shape index (κ2) is 9.06. The highest BCUT2D eigenvalue weighted by molar-refractivity contribution is 6.41. The van der Waals surface area contributed by atoms with E-state index in [-0.39, 0.29) is 22.3 Å². The van der Waals surface area contributed by atoms with Gasteiger partial charge in [0.1, 0.15) is 12.1 Å². The molecule has 2 atom stereocenters. The molecular formula is C34H26N2O8. The van der Waals surface area contributed by atoms with E-state index >= 15 is 0 Å². The number of carbonyl (C=O) groups is 6. The molecule has 10 heteroatoms. The van der Waals surface area contributed by atoms with Gasteiger partial charge >= 0.3 is 11.9 Å². The van der Waals surface area contributed by atoms with Crippen molar-refractivity contribution in [3.63, 3.8) is 0 Å². The van der Waals surface area contributed by atoms with E-state index < -0.39 is 59.5 Å². The van der Waals surface area contributed by atoms with Crippen LogP contribution in [0.3, 0.4) is 0 Å². The highest BCUT2D eigenvalue weighted by Crippen LogP contribution is 2.46. The van der Waals surface area contributed by atoms with Crippen LogP contribution in [0.5, 0.6) is 0 Å². The minimum atomic E-state index is -1.34. The molecule has 2 heterocycles. The Morgan fingerprint density at radius 2 is 0.727 bits per heavy atom. The first-order valence-electron chi connectivity index (χ1n) is 14.3. The van der Waals surface area contributed by atoms with Crippen LogP contribution < -0.4 is 0 Å². The van der Waals surface area contributed by atoms with Crippen LogP contribution >= 0.6 is 0 Å². The summed E-state index contributed by atoms with van der Waals surface area (Å²) in [5.74, 6) is -6.31. The van der Waals surface area contributed by atoms with Crippen molar-refractivity contribution in [3.05, 3.63) is 70.8 Å². The number of hydrogen-bond donors (Lipinski definition) is 2. The molecule has 44 heavy (non-hydrogen) atoms. The number of rotatable bonds is 6. The number of carbonyl (C=O) groups excluding carboxylic acids is 4. The van der Waals surface area contributed by atoms with E-state index in [1.807, 2.05) is 0 Å². The minimum absolute atomic E-state index is 0.218. The van der Waals surface area contributed by atoms with Gasteiger partial charge in [-0.3, -0.25) is 29.0 Å². The maximum Gasteiger partial charge on any atom is 0.327 e. The van der Waals surface area contributed by atoms with Crippen LogP contribution in [0.4, 0.5) is 0 Å². The molecule has 10 nitrogen and oxygen atoms in total. The molecule has 2 aliphatic heterocycles. The lowest BCUT2D eigenvalue weighted by Gasteiger charge is -2.35. The normalized spacial score (nSPS) is 16.4. The Kier molecular flexibility index (Phi) is 5.65. The number of imide groups is 2. The van der Waals surface area contributed by atoms with Crippen LogP contribution in [0.25, 0.3) is 43.1 Å². The van der Waals surface area contributed by atoms with E-state index in [0.29, 0.717) is 43.1 Å². The van der Waals surface area contributed by atoms with Crippen molar-refractivity contribution in [2.75, 3.05) is 0 Å². The van der Waals surface area contributed by atoms with Gasteiger partial charge in [0.2, 0.25) is 0 Å². The Balaban J connectivity index is 1.52. The quantitative estimate of drug-likeness (QED) is 0.157. The predicted octanol–water partition coefficient (Wildman–Crippen LogP) is 5.15. The van der Waals surface area contributed by atoms with Crippen molar-refractivity contribution in [1.29, 1.82) is 0 Å². The molecule has 5 aromatic rings. The minimum Gasteiger partial charge on any atom is -0.480 e. The Labute approximate surface area is 249 Å². The summed E-state index contributed by atoms with van der Waals surface area (Å²) in [6.45, 7) is 6.57. The third-order valence-electron chi connectivity index (χ3n) is 9.02. The van der Waals surface area contributed by atoms with Crippen LogP contribution in [0.1, 0.15) is 69.1 Å². The van der Waals surface area contributed by atoms with Gasteiger partial charge in [-0.2, -0.15) is 0 Å². The monoisotopic (exact) mass is 590 g/mol. The van der Waals surface area contributed by atoms with Gasteiger partial charge in [-0.25, -0.2) is 9.59 Å². The van der Waals surface area contributed by atoms with Gasteiger partial charge in [-0.05, 0) is 68.4 Å². The third-order valence-corrected chi connectivity index (χ3v) is 9.02. The van der Waals surface area contributed by atoms with Crippen LogP contribution in [-0.2, 0) is 9.59 Å². The zero-order chi connectivity index (χ0) is 31.5. The molecule has 0 bridgehead atoms. The van der Waals surface area contributed by atoms with Crippen LogP contribution in [0.2, 0.25) is 0 Å². The van der Waals surface area contributed by atoms with Gasteiger partial charge in [0.05, 0.1) is 0 Å². The van der Waals surface area contributed by atoms with Crippen LogP contribution in [0, 0.1) is 11.8 Å². The molecule has 4 amide bonds. The SMILES string of the molecule is CC(C)[C@@H](C(=O)O)N1C(=O)c2ccc3c4ccc5c6c(ccc(c7ccc(c2c37)C1=O)c64)C(=O)N([C@H](C(=O)O)C(C)C)C5=O. The molecule has 0 radical (unpaired) electrons. The zero-order valence-electron chi connectivity index (χ0n) is 24.2. The Bertz CT molecular complexity index is 1920. The van der Waals surface area contributed by atoms with E-state index in [9.17, 15) is 39.0 Å². The summed E-state index contributed by atoms with van der Waals surface area (Å²) in [5.41, 5.74) is 0.872. The number of fused-ring (bicyclic) bond motifs is 2. The zero-order valence-corrected chi connectivity index (χ0v) is 24.2. The van der Waals surface area contributed by atoms with Crippen molar-refractivity contribution < 1.29 is 39.0 Å². The number of hydrogen-bond acceptors (Lipinski definition) is 6. The molecule has 0 aliphatic carbocycles. The first-order chi connectivity index (χ1) is 20.9. The molecular weight excluding hydrogens is 564 g/mol. The summed E-state index contributed by atoms with van der Waals surface area (Å²) >= 11 is 0. The maximum atomic E-state index is 13.7. The first kappa shape index (κ1) is 27.5. The summed E-state index contributed by atoms with van der Waals surface area (Å²) in [6.07, 6.45) is 0. The number of amides is 4. The average molecular weight is 591 g/mol. The summed E-state index contributed by atoms with van der Waals surface area (Å²) in [4.78, 5) is 80.9.